The van der Waals surface area contributed by atoms with Crippen LogP contribution in [-0.2, 0) is 6.54 Å². The van der Waals surface area contributed by atoms with Gasteiger partial charge in [0, 0.05) is 23.8 Å². The number of likely N-dealkylation sites (tertiary alicyclic amines) is 1. The van der Waals surface area contributed by atoms with Gasteiger partial charge in [-0.25, -0.2) is 15.8 Å². The molecule has 0 aromatic carbocycles. The van der Waals surface area contributed by atoms with Crippen molar-refractivity contribution in [3.8, 4) is 0 Å². The molecule has 5 nitrogen and oxygen atoms in total. The predicted molar refractivity (Wildman–Crippen MR) is 72.9 cm³/mol. The lowest BCUT2D eigenvalue weighted by atomic mass is 9.97. The molecule has 0 bridgehead atoms. The Balaban J connectivity index is 2.14. The van der Waals surface area contributed by atoms with E-state index < -0.39 is 0 Å². The molecule has 0 amide bonds. The smallest absolute Gasteiger partial charge is 0.145 e. The monoisotopic (exact) mass is 249 g/mol. The van der Waals surface area contributed by atoms with Crippen LogP contribution in [0, 0.1) is 6.92 Å². The van der Waals surface area contributed by atoms with Crippen molar-refractivity contribution < 1.29 is 0 Å². The Morgan fingerprint density at radius 1 is 1.33 bits per heavy atom. The largest absolute Gasteiger partial charge is 0.308 e. The first-order valence-electron chi connectivity index (χ1n) is 6.67. The lowest BCUT2D eigenvalue weighted by molar-refractivity contribution is 0.0922. The van der Waals surface area contributed by atoms with Crippen molar-refractivity contribution in [2.24, 2.45) is 5.84 Å². The van der Waals surface area contributed by atoms with Gasteiger partial charge in [0.05, 0.1) is 6.54 Å². The summed E-state index contributed by atoms with van der Waals surface area (Å²) in [5, 5.41) is 0. The fraction of sp³-hybridized carbons (Fsp3) is 0.692. The van der Waals surface area contributed by atoms with Gasteiger partial charge in [-0.15, -0.1) is 0 Å². The van der Waals surface area contributed by atoms with Crippen molar-refractivity contribution in [1.29, 1.82) is 0 Å². The van der Waals surface area contributed by atoms with Crippen molar-refractivity contribution in [2.45, 2.75) is 58.7 Å². The first kappa shape index (κ1) is 13.2. The van der Waals surface area contributed by atoms with E-state index in [1.165, 1.54) is 19.3 Å². The SMILES string of the molecule is Cc1cc(NN)nc(CN2C(C)CCCC2C)n1. The molecule has 1 aliphatic heterocycles. The van der Waals surface area contributed by atoms with Gasteiger partial charge in [-0.3, -0.25) is 4.90 Å². The number of nitrogens with zero attached hydrogens (tertiary/aromatic N) is 3. The number of piperidine rings is 1. The van der Waals surface area contributed by atoms with Crippen LogP contribution in [0.2, 0.25) is 0 Å². The highest BCUT2D eigenvalue weighted by Crippen LogP contribution is 2.24. The molecule has 2 heterocycles. The summed E-state index contributed by atoms with van der Waals surface area (Å²) >= 11 is 0. The maximum atomic E-state index is 5.42. The van der Waals surface area contributed by atoms with Crippen LogP contribution < -0.4 is 11.3 Å². The second-order valence-corrected chi connectivity index (χ2v) is 5.26. The van der Waals surface area contributed by atoms with Crippen molar-refractivity contribution >= 4 is 5.82 Å². The Bertz CT molecular complexity index is 396. The van der Waals surface area contributed by atoms with Gasteiger partial charge < -0.3 is 5.43 Å². The summed E-state index contributed by atoms with van der Waals surface area (Å²) in [6.45, 7) is 7.34. The average molecular weight is 249 g/mol. The van der Waals surface area contributed by atoms with Crippen molar-refractivity contribution in [3.05, 3.63) is 17.6 Å². The van der Waals surface area contributed by atoms with Gasteiger partial charge in [-0.2, -0.15) is 0 Å². The van der Waals surface area contributed by atoms with Gasteiger partial charge in [0.1, 0.15) is 11.6 Å². The second kappa shape index (κ2) is 5.63. The Kier molecular flexibility index (Phi) is 4.14. The molecule has 2 rings (SSSR count). The molecule has 0 saturated carbocycles. The first-order valence-corrected chi connectivity index (χ1v) is 6.67. The fourth-order valence-electron chi connectivity index (χ4n) is 2.72. The third-order valence-electron chi connectivity index (χ3n) is 3.75. The highest BCUT2D eigenvalue weighted by atomic mass is 15.3. The Hall–Kier alpha value is -1.20. The summed E-state index contributed by atoms with van der Waals surface area (Å²) in [5.41, 5.74) is 3.55. The molecule has 0 radical (unpaired) electrons. The molecule has 18 heavy (non-hydrogen) atoms. The number of hydrogen-bond donors (Lipinski definition) is 2. The Morgan fingerprint density at radius 2 is 2.00 bits per heavy atom. The van der Waals surface area contributed by atoms with Crippen LogP contribution >= 0.6 is 0 Å². The van der Waals surface area contributed by atoms with Crippen LogP contribution in [0.15, 0.2) is 6.07 Å². The summed E-state index contributed by atoms with van der Waals surface area (Å²) in [6.07, 6.45) is 3.85. The van der Waals surface area contributed by atoms with Gasteiger partial charge in [-0.05, 0) is 33.6 Å². The molecule has 0 spiro atoms. The van der Waals surface area contributed by atoms with Crippen molar-refractivity contribution in [1.82, 2.24) is 14.9 Å². The van der Waals surface area contributed by atoms with Crippen molar-refractivity contribution in [3.63, 3.8) is 0 Å². The number of hydrogen-bond acceptors (Lipinski definition) is 5. The minimum Gasteiger partial charge on any atom is -0.308 e. The minimum atomic E-state index is 0.604. The molecule has 0 aliphatic carbocycles. The zero-order valence-corrected chi connectivity index (χ0v) is 11.5. The quantitative estimate of drug-likeness (QED) is 0.632. The van der Waals surface area contributed by atoms with Crippen LogP contribution in [0.5, 0.6) is 0 Å². The third kappa shape index (κ3) is 2.97. The number of nitrogens with one attached hydrogen (secondary N) is 1. The van der Waals surface area contributed by atoms with Crippen LogP contribution in [0.1, 0.15) is 44.6 Å². The molecule has 1 aliphatic rings. The number of nitrogen functional groups attached to an aromatic ring is 1. The maximum Gasteiger partial charge on any atom is 0.145 e. The van der Waals surface area contributed by atoms with Gasteiger partial charge in [0.15, 0.2) is 0 Å². The minimum absolute atomic E-state index is 0.604. The molecule has 100 valence electrons. The molecule has 1 saturated heterocycles. The second-order valence-electron chi connectivity index (χ2n) is 5.26. The third-order valence-corrected chi connectivity index (χ3v) is 3.75. The summed E-state index contributed by atoms with van der Waals surface area (Å²) in [4.78, 5) is 11.4. The molecule has 1 aromatic heterocycles. The lowest BCUT2D eigenvalue weighted by Gasteiger charge is -2.38. The van der Waals surface area contributed by atoms with E-state index in [9.17, 15) is 0 Å². The standard InChI is InChI=1S/C13H23N5/c1-9-7-12(17-14)16-13(15-9)8-18-10(2)5-4-6-11(18)3/h7,10-11H,4-6,8,14H2,1-3H3,(H,15,16,17). The van der Waals surface area contributed by atoms with E-state index in [0.29, 0.717) is 17.9 Å². The first-order chi connectivity index (χ1) is 8.60. The zero-order valence-electron chi connectivity index (χ0n) is 11.5. The van der Waals surface area contributed by atoms with Gasteiger partial charge in [-0.1, -0.05) is 6.42 Å². The maximum absolute atomic E-state index is 5.42. The summed E-state index contributed by atoms with van der Waals surface area (Å²) in [6, 6.07) is 3.06. The van der Waals surface area contributed by atoms with Crippen LogP contribution in [0.25, 0.3) is 0 Å². The number of hydrazine groups is 1. The predicted octanol–water partition coefficient (Wildman–Crippen LogP) is 1.83. The molecular formula is C13H23N5. The Labute approximate surface area is 109 Å². The van der Waals surface area contributed by atoms with Crippen LogP contribution in [0.4, 0.5) is 5.82 Å². The Morgan fingerprint density at radius 3 is 2.61 bits per heavy atom. The zero-order chi connectivity index (χ0) is 13.1. The molecule has 2 unspecified atom stereocenters. The van der Waals surface area contributed by atoms with E-state index in [2.05, 4.69) is 34.1 Å². The molecule has 1 fully saturated rings. The normalized spacial score (nSPS) is 25.1. The van der Waals surface area contributed by atoms with E-state index in [0.717, 1.165) is 18.1 Å². The van der Waals surface area contributed by atoms with Gasteiger partial charge >= 0.3 is 0 Å². The highest BCUT2D eigenvalue weighted by molar-refractivity contribution is 5.33. The van der Waals surface area contributed by atoms with Crippen LogP contribution in [0.3, 0.4) is 0 Å². The average Bonchev–Trinajstić information content (AvgIpc) is 2.33. The summed E-state index contributed by atoms with van der Waals surface area (Å²) in [5.74, 6) is 6.96. The molecule has 2 atom stereocenters. The van der Waals surface area contributed by atoms with E-state index in [4.69, 9.17) is 5.84 Å². The lowest BCUT2D eigenvalue weighted by Crippen LogP contribution is -2.43. The highest BCUT2D eigenvalue weighted by Gasteiger charge is 2.25. The number of anilines is 1. The van der Waals surface area contributed by atoms with Gasteiger partial charge in [0.25, 0.3) is 0 Å². The summed E-state index contributed by atoms with van der Waals surface area (Å²) < 4.78 is 0. The molecule has 5 heteroatoms. The van der Waals surface area contributed by atoms with Crippen molar-refractivity contribution in [2.75, 3.05) is 5.43 Å². The fourth-order valence-corrected chi connectivity index (χ4v) is 2.72. The molecular weight excluding hydrogens is 226 g/mol. The van der Waals surface area contributed by atoms with E-state index in [-0.39, 0.29) is 0 Å². The number of rotatable bonds is 3. The molecule has 3 N–H and O–H groups in total. The number of aryl methyl sites for hydroxylation is 1. The van der Waals surface area contributed by atoms with E-state index in [1.54, 1.807) is 0 Å². The topological polar surface area (TPSA) is 67.1 Å². The summed E-state index contributed by atoms with van der Waals surface area (Å²) in [7, 11) is 0. The molecule has 1 aromatic rings. The van der Waals surface area contributed by atoms with Crippen LogP contribution in [-0.4, -0.2) is 27.0 Å². The van der Waals surface area contributed by atoms with E-state index in [1.807, 2.05) is 13.0 Å². The number of nitrogens with two attached hydrogens (primary N) is 1. The van der Waals surface area contributed by atoms with Gasteiger partial charge in [0.2, 0.25) is 0 Å². The van der Waals surface area contributed by atoms with E-state index >= 15 is 0 Å². The number of aromatic nitrogens is 2.